The van der Waals surface area contributed by atoms with Gasteiger partial charge in [0.2, 0.25) is 0 Å². The minimum Gasteiger partial charge on any atom is -0.460 e. The smallest absolute Gasteiger partial charge is 0.356 e. The largest absolute Gasteiger partial charge is 0.460 e. The van der Waals surface area contributed by atoms with Gasteiger partial charge in [0.05, 0.1) is 13.2 Å². The van der Waals surface area contributed by atoms with Crippen molar-refractivity contribution in [2.75, 3.05) is 32.8 Å². The fraction of sp³-hybridized carbons (Fsp3) is 0.600. The van der Waals surface area contributed by atoms with E-state index < -0.39 is 25.6 Å². The third-order valence-corrected chi connectivity index (χ3v) is 4.22. The van der Waals surface area contributed by atoms with Crippen LogP contribution in [-0.4, -0.2) is 50.8 Å². The molecule has 0 aromatic heterocycles. The molecule has 0 aliphatic rings. The molecule has 0 rings (SSSR count). The van der Waals surface area contributed by atoms with Crippen molar-refractivity contribution in [2.45, 2.75) is 26.9 Å². The third-order valence-electron chi connectivity index (χ3n) is 2.45. The van der Waals surface area contributed by atoms with Crippen molar-refractivity contribution in [2.24, 2.45) is 0 Å². The molecule has 24 heavy (non-hydrogen) atoms. The molecule has 0 amide bonds. The third kappa shape index (κ3) is 9.62. The summed E-state index contributed by atoms with van der Waals surface area (Å²) in [6, 6.07) is 0. The van der Waals surface area contributed by atoms with Gasteiger partial charge in [-0.05, 0) is 20.8 Å². The molecule has 0 heterocycles. The molecular formula is C15H25O8P. The number of esters is 2. The highest BCUT2D eigenvalue weighted by molar-refractivity contribution is 7.53. The van der Waals surface area contributed by atoms with Gasteiger partial charge in [-0.2, -0.15) is 0 Å². The van der Waals surface area contributed by atoms with Crippen LogP contribution in [0.1, 0.15) is 20.8 Å². The number of hydrogen-bond donors (Lipinski definition) is 0. The summed E-state index contributed by atoms with van der Waals surface area (Å²) in [6.07, 6.45) is -0.218. The topological polar surface area (TPSA) is 97.4 Å². The highest BCUT2D eigenvalue weighted by atomic mass is 31.2. The SMILES string of the molecule is C=CC(=O)OCC(COC(=O)C(=C)C)OCP(=O)(OCC)OCC. The monoisotopic (exact) mass is 364 g/mol. The van der Waals surface area contributed by atoms with Crippen LogP contribution in [0.15, 0.2) is 24.8 Å². The van der Waals surface area contributed by atoms with Gasteiger partial charge in [-0.15, -0.1) is 0 Å². The van der Waals surface area contributed by atoms with Crippen molar-refractivity contribution in [1.29, 1.82) is 0 Å². The molecule has 9 heteroatoms. The Balaban J connectivity index is 4.74. The predicted octanol–water partition coefficient (Wildman–Crippen LogP) is 2.44. The molecule has 1 unspecified atom stereocenters. The van der Waals surface area contributed by atoms with Crippen molar-refractivity contribution < 1.29 is 37.4 Å². The molecular weight excluding hydrogens is 339 g/mol. The van der Waals surface area contributed by atoms with Gasteiger partial charge >= 0.3 is 19.5 Å². The van der Waals surface area contributed by atoms with E-state index in [4.69, 9.17) is 23.3 Å². The molecule has 0 fully saturated rings. The van der Waals surface area contributed by atoms with Crippen LogP contribution in [-0.2, 0) is 37.4 Å². The average Bonchev–Trinajstić information content (AvgIpc) is 2.53. The molecule has 138 valence electrons. The lowest BCUT2D eigenvalue weighted by molar-refractivity contribution is -0.148. The molecule has 0 saturated carbocycles. The van der Waals surface area contributed by atoms with E-state index in [1.54, 1.807) is 13.8 Å². The molecule has 0 N–H and O–H groups in total. The Hall–Kier alpha value is -1.47. The van der Waals surface area contributed by atoms with Gasteiger partial charge in [-0.3, -0.25) is 4.57 Å². The number of carbonyl (C=O) groups excluding carboxylic acids is 2. The summed E-state index contributed by atoms with van der Waals surface area (Å²) in [6.45, 7) is 11.5. The maximum atomic E-state index is 12.3. The highest BCUT2D eigenvalue weighted by Crippen LogP contribution is 2.48. The second-order valence-corrected chi connectivity index (χ2v) is 6.57. The standard InChI is InChI=1S/C15H25O8P/c1-6-14(16)19-9-13(10-20-15(17)12(4)5)21-11-24(18,22-7-2)23-8-3/h6,13H,1,4,7-11H2,2-3,5H3. The summed E-state index contributed by atoms with van der Waals surface area (Å²) >= 11 is 0. The maximum absolute atomic E-state index is 12.3. The summed E-state index contributed by atoms with van der Waals surface area (Å²) in [5, 5.41) is 0. The molecule has 0 aromatic rings. The van der Waals surface area contributed by atoms with Crippen LogP contribution in [0.5, 0.6) is 0 Å². The van der Waals surface area contributed by atoms with Crippen LogP contribution >= 0.6 is 7.60 Å². The molecule has 0 aromatic carbocycles. The zero-order chi connectivity index (χ0) is 18.6. The average molecular weight is 364 g/mol. The summed E-state index contributed by atoms with van der Waals surface area (Å²) in [4.78, 5) is 22.6. The first-order valence-corrected chi connectivity index (χ1v) is 9.12. The number of hydrogen-bond acceptors (Lipinski definition) is 8. The van der Waals surface area contributed by atoms with Crippen molar-refractivity contribution in [3.63, 3.8) is 0 Å². The van der Waals surface area contributed by atoms with Crippen LogP contribution in [0.2, 0.25) is 0 Å². The fourth-order valence-corrected chi connectivity index (χ4v) is 2.78. The first-order chi connectivity index (χ1) is 11.3. The molecule has 0 aliphatic carbocycles. The van der Waals surface area contributed by atoms with Crippen LogP contribution in [0, 0.1) is 0 Å². The lowest BCUT2D eigenvalue weighted by Crippen LogP contribution is -2.29. The molecule has 0 aliphatic heterocycles. The lowest BCUT2D eigenvalue weighted by atomic mass is 10.3. The van der Waals surface area contributed by atoms with Gasteiger partial charge in [-0.1, -0.05) is 13.2 Å². The van der Waals surface area contributed by atoms with E-state index >= 15 is 0 Å². The maximum Gasteiger partial charge on any atom is 0.356 e. The number of rotatable bonds is 13. The van der Waals surface area contributed by atoms with Gasteiger partial charge in [0.25, 0.3) is 0 Å². The molecule has 8 nitrogen and oxygen atoms in total. The summed E-state index contributed by atoms with van der Waals surface area (Å²) in [5.41, 5.74) is 0.214. The molecule has 0 saturated heterocycles. The Morgan fingerprint density at radius 3 is 2.12 bits per heavy atom. The Kier molecular flexibility index (Phi) is 11.2. The quantitative estimate of drug-likeness (QED) is 0.279. The molecule has 0 bridgehead atoms. The lowest BCUT2D eigenvalue weighted by Gasteiger charge is -2.21. The molecule has 1 atom stereocenters. The molecule has 0 spiro atoms. The van der Waals surface area contributed by atoms with E-state index in [2.05, 4.69) is 13.2 Å². The predicted molar refractivity (Wildman–Crippen MR) is 87.5 cm³/mol. The van der Waals surface area contributed by atoms with Crippen molar-refractivity contribution in [1.82, 2.24) is 0 Å². The van der Waals surface area contributed by atoms with Crippen LogP contribution < -0.4 is 0 Å². The first kappa shape index (κ1) is 22.5. The molecule has 0 radical (unpaired) electrons. The Labute approximate surface area is 142 Å². The van der Waals surface area contributed by atoms with Gasteiger partial charge < -0.3 is 23.3 Å². The van der Waals surface area contributed by atoms with Crippen LogP contribution in [0.25, 0.3) is 0 Å². The van der Waals surface area contributed by atoms with Crippen LogP contribution in [0.4, 0.5) is 0 Å². The summed E-state index contributed by atoms with van der Waals surface area (Å²) in [5.74, 6) is -1.27. The van der Waals surface area contributed by atoms with Gasteiger partial charge in [0.15, 0.2) is 0 Å². The van der Waals surface area contributed by atoms with Crippen molar-refractivity contribution in [3.8, 4) is 0 Å². The minimum atomic E-state index is -3.43. The van der Waals surface area contributed by atoms with Gasteiger partial charge in [0.1, 0.15) is 25.7 Å². The fourth-order valence-electron chi connectivity index (χ4n) is 1.37. The second kappa shape index (κ2) is 12.0. The van der Waals surface area contributed by atoms with Crippen molar-refractivity contribution in [3.05, 3.63) is 24.8 Å². The van der Waals surface area contributed by atoms with Crippen molar-refractivity contribution >= 4 is 19.5 Å². The Morgan fingerprint density at radius 1 is 1.12 bits per heavy atom. The Morgan fingerprint density at radius 2 is 1.67 bits per heavy atom. The van der Waals surface area contributed by atoms with E-state index in [-0.39, 0.29) is 38.3 Å². The highest BCUT2D eigenvalue weighted by Gasteiger charge is 2.27. The van der Waals surface area contributed by atoms with E-state index in [0.29, 0.717) is 0 Å². The van der Waals surface area contributed by atoms with E-state index in [0.717, 1.165) is 6.08 Å². The van der Waals surface area contributed by atoms with Crippen LogP contribution in [0.3, 0.4) is 0 Å². The second-order valence-electron chi connectivity index (χ2n) is 4.58. The van der Waals surface area contributed by atoms with E-state index in [9.17, 15) is 14.2 Å². The first-order valence-electron chi connectivity index (χ1n) is 7.39. The van der Waals surface area contributed by atoms with E-state index in [1.165, 1.54) is 6.92 Å². The summed E-state index contributed by atoms with van der Waals surface area (Å²) in [7, 11) is -3.43. The van der Waals surface area contributed by atoms with Gasteiger partial charge in [-0.25, -0.2) is 9.59 Å². The Bertz CT molecular complexity index is 478. The minimum absolute atomic E-state index is 0.182. The normalized spacial score (nSPS) is 12.3. The van der Waals surface area contributed by atoms with E-state index in [1.807, 2.05) is 0 Å². The zero-order valence-corrected chi connectivity index (χ0v) is 15.2. The zero-order valence-electron chi connectivity index (χ0n) is 14.3. The van der Waals surface area contributed by atoms with Gasteiger partial charge in [0, 0.05) is 11.6 Å². The number of ether oxygens (including phenoxy) is 3. The summed E-state index contributed by atoms with van der Waals surface area (Å²) < 4.78 is 37.8. The number of carbonyl (C=O) groups is 2.